The van der Waals surface area contributed by atoms with Gasteiger partial charge in [-0.1, -0.05) is 37.6 Å². The van der Waals surface area contributed by atoms with Crippen LogP contribution in [0.1, 0.15) is 38.4 Å². The van der Waals surface area contributed by atoms with Crippen molar-refractivity contribution in [2.45, 2.75) is 50.9 Å². The summed E-state index contributed by atoms with van der Waals surface area (Å²) >= 11 is 5.98. The van der Waals surface area contributed by atoms with Gasteiger partial charge in [0.2, 0.25) is 5.91 Å². The van der Waals surface area contributed by atoms with Crippen LogP contribution in [0.5, 0.6) is 0 Å². The molecule has 4 atom stereocenters. The maximum Gasteiger partial charge on any atom is 0.237 e. The Hall–Kier alpha value is -1.14. The highest BCUT2D eigenvalue weighted by atomic mass is 35.5. The number of carbonyl (C=O) groups excluding carboxylic acids is 1. The van der Waals surface area contributed by atoms with E-state index in [2.05, 4.69) is 29.4 Å². The summed E-state index contributed by atoms with van der Waals surface area (Å²) < 4.78 is 6.08. The first-order valence-electron chi connectivity index (χ1n) is 9.55. The average molecular weight is 380 g/mol. The van der Waals surface area contributed by atoms with Crippen LogP contribution in [0, 0.1) is 5.92 Å². The number of hydrogen-bond acceptors (Lipinski definition) is 4. The van der Waals surface area contributed by atoms with Crippen LogP contribution in [0.25, 0.3) is 0 Å². The molecule has 0 unspecified atom stereocenters. The van der Waals surface area contributed by atoms with Crippen LogP contribution >= 0.6 is 11.6 Å². The fourth-order valence-electron chi connectivity index (χ4n) is 3.99. The Morgan fingerprint density at radius 3 is 2.69 bits per heavy atom. The molecule has 0 spiro atoms. The number of rotatable bonds is 6. The molecule has 2 aliphatic rings. The number of fused-ring (bicyclic) bond motifs is 1. The second kappa shape index (κ2) is 8.70. The number of likely N-dealkylation sites (N-methyl/N-ethyl adjacent to an activating group) is 1. The number of nitrogens with one attached hydrogen (secondary N) is 2. The van der Waals surface area contributed by atoms with Crippen LogP contribution in [-0.2, 0) is 9.53 Å². The van der Waals surface area contributed by atoms with Crippen LogP contribution in [-0.4, -0.2) is 55.7 Å². The highest BCUT2D eigenvalue weighted by Gasteiger charge is 2.38. The third-order valence-corrected chi connectivity index (χ3v) is 5.63. The van der Waals surface area contributed by atoms with Gasteiger partial charge in [-0.2, -0.15) is 0 Å². The largest absolute Gasteiger partial charge is 0.371 e. The number of hydrogen-bond donors (Lipinski definition) is 2. The van der Waals surface area contributed by atoms with E-state index >= 15 is 0 Å². The third-order valence-electron chi connectivity index (χ3n) is 5.38. The van der Waals surface area contributed by atoms with Gasteiger partial charge in [0.15, 0.2) is 0 Å². The third kappa shape index (κ3) is 4.77. The number of morpholine rings is 1. The lowest BCUT2D eigenvalue weighted by atomic mass is 10.0. The summed E-state index contributed by atoms with van der Waals surface area (Å²) in [6.07, 6.45) is 1.88. The van der Waals surface area contributed by atoms with Gasteiger partial charge >= 0.3 is 0 Å². The van der Waals surface area contributed by atoms with E-state index in [-0.39, 0.29) is 24.1 Å². The molecule has 2 N–H and O–H groups in total. The van der Waals surface area contributed by atoms with Crippen molar-refractivity contribution in [1.29, 1.82) is 0 Å². The molecule has 0 saturated carbocycles. The molecule has 1 aromatic rings. The molecule has 144 valence electrons. The van der Waals surface area contributed by atoms with E-state index in [9.17, 15) is 4.79 Å². The lowest BCUT2D eigenvalue weighted by Crippen LogP contribution is -2.48. The highest BCUT2D eigenvalue weighted by molar-refractivity contribution is 6.30. The molecule has 0 radical (unpaired) electrons. The molecule has 2 fully saturated rings. The molecule has 0 aliphatic carbocycles. The SMILES string of the molecule is CN[C@@H](CC(C)C)C(=O)N[C@H]1C[C@H]2CO[C@@H](c3ccc(Cl)cc3)CN2C1. The Labute approximate surface area is 161 Å². The number of ether oxygens (including phenoxy) is 1. The minimum Gasteiger partial charge on any atom is -0.371 e. The Morgan fingerprint density at radius 1 is 1.31 bits per heavy atom. The van der Waals surface area contributed by atoms with Gasteiger partial charge in [0.25, 0.3) is 0 Å². The fourth-order valence-corrected chi connectivity index (χ4v) is 4.11. The van der Waals surface area contributed by atoms with E-state index in [1.807, 2.05) is 31.3 Å². The van der Waals surface area contributed by atoms with E-state index in [4.69, 9.17) is 16.3 Å². The first-order valence-corrected chi connectivity index (χ1v) is 9.92. The standard InChI is InChI=1S/C20H30ClN3O2/c1-13(2)8-18(22-3)20(25)23-16-9-17-12-26-19(11-24(17)10-16)14-4-6-15(21)7-5-14/h4-7,13,16-19,22H,8-12H2,1-3H3,(H,23,25)/t16-,17-,18-,19+/m0/s1. The molecule has 2 saturated heterocycles. The maximum absolute atomic E-state index is 12.6. The molecule has 2 aliphatic heterocycles. The predicted molar refractivity (Wildman–Crippen MR) is 104 cm³/mol. The van der Waals surface area contributed by atoms with Gasteiger partial charge in [0.05, 0.1) is 18.8 Å². The van der Waals surface area contributed by atoms with Gasteiger partial charge in [-0.3, -0.25) is 9.69 Å². The van der Waals surface area contributed by atoms with E-state index in [1.165, 1.54) is 0 Å². The normalized spacial score (nSPS) is 27.3. The van der Waals surface area contributed by atoms with Crippen LogP contribution in [0.4, 0.5) is 0 Å². The summed E-state index contributed by atoms with van der Waals surface area (Å²) in [5, 5.41) is 7.12. The van der Waals surface area contributed by atoms with Gasteiger partial charge in [0, 0.05) is 30.2 Å². The lowest BCUT2D eigenvalue weighted by molar-refractivity contribution is -0.124. The smallest absolute Gasteiger partial charge is 0.237 e. The summed E-state index contributed by atoms with van der Waals surface area (Å²) in [6.45, 7) is 6.74. The molecule has 0 aromatic heterocycles. The zero-order valence-corrected chi connectivity index (χ0v) is 16.6. The van der Waals surface area contributed by atoms with Crippen LogP contribution in [0.2, 0.25) is 5.02 Å². The van der Waals surface area contributed by atoms with Gasteiger partial charge in [-0.15, -0.1) is 0 Å². The minimum atomic E-state index is -0.120. The van der Waals surface area contributed by atoms with Crippen molar-refractivity contribution in [2.24, 2.45) is 5.92 Å². The zero-order valence-electron chi connectivity index (χ0n) is 15.9. The monoisotopic (exact) mass is 379 g/mol. The zero-order chi connectivity index (χ0) is 18.7. The Kier molecular flexibility index (Phi) is 6.56. The Morgan fingerprint density at radius 2 is 2.04 bits per heavy atom. The summed E-state index contributed by atoms with van der Waals surface area (Å²) in [6, 6.07) is 8.35. The van der Waals surface area contributed by atoms with E-state index in [0.29, 0.717) is 18.6 Å². The molecule has 2 heterocycles. The van der Waals surface area contributed by atoms with Gasteiger partial charge in [-0.25, -0.2) is 0 Å². The van der Waals surface area contributed by atoms with E-state index in [0.717, 1.165) is 36.5 Å². The molecule has 5 nitrogen and oxygen atoms in total. The second-order valence-electron chi connectivity index (χ2n) is 7.89. The van der Waals surface area contributed by atoms with Gasteiger partial charge in [0.1, 0.15) is 0 Å². The highest BCUT2D eigenvalue weighted by Crippen LogP contribution is 2.30. The number of nitrogens with zero attached hydrogens (tertiary/aromatic N) is 1. The molecular weight excluding hydrogens is 350 g/mol. The number of halogens is 1. The number of carbonyl (C=O) groups is 1. The summed E-state index contributed by atoms with van der Waals surface area (Å²) in [4.78, 5) is 15.0. The molecule has 3 rings (SSSR count). The number of benzene rings is 1. The van der Waals surface area contributed by atoms with Crippen molar-refractivity contribution in [3.05, 3.63) is 34.9 Å². The lowest BCUT2D eigenvalue weighted by Gasteiger charge is -2.35. The molecular formula is C20H30ClN3O2. The topological polar surface area (TPSA) is 53.6 Å². The van der Waals surface area contributed by atoms with E-state index < -0.39 is 0 Å². The first-order chi connectivity index (χ1) is 12.5. The Balaban J connectivity index is 1.54. The fraction of sp³-hybridized carbons (Fsp3) is 0.650. The summed E-state index contributed by atoms with van der Waals surface area (Å²) in [5.74, 6) is 0.600. The molecule has 26 heavy (non-hydrogen) atoms. The van der Waals surface area contributed by atoms with Crippen LogP contribution in [0.3, 0.4) is 0 Å². The first kappa shape index (κ1) is 19.6. The quantitative estimate of drug-likeness (QED) is 0.797. The van der Waals surface area contributed by atoms with Crippen molar-refractivity contribution >= 4 is 17.5 Å². The van der Waals surface area contributed by atoms with Crippen LogP contribution in [0.15, 0.2) is 24.3 Å². The summed E-state index contributed by atoms with van der Waals surface area (Å²) in [7, 11) is 1.86. The number of amides is 1. The average Bonchev–Trinajstić information content (AvgIpc) is 3.01. The molecule has 1 amide bonds. The van der Waals surface area contributed by atoms with Crippen LogP contribution < -0.4 is 10.6 Å². The Bertz CT molecular complexity index is 608. The summed E-state index contributed by atoms with van der Waals surface area (Å²) in [5.41, 5.74) is 1.16. The second-order valence-corrected chi connectivity index (χ2v) is 8.33. The molecule has 0 bridgehead atoms. The van der Waals surface area contributed by atoms with Crippen molar-refractivity contribution in [1.82, 2.24) is 15.5 Å². The van der Waals surface area contributed by atoms with Gasteiger partial charge in [-0.05, 0) is 43.5 Å². The van der Waals surface area contributed by atoms with Crippen molar-refractivity contribution in [3.63, 3.8) is 0 Å². The van der Waals surface area contributed by atoms with Crippen molar-refractivity contribution in [3.8, 4) is 0 Å². The maximum atomic E-state index is 12.6. The van der Waals surface area contributed by atoms with E-state index in [1.54, 1.807) is 0 Å². The van der Waals surface area contributed by atoms with Gasteiger partial charge < -0.3 is 15.4 Å². The van der Waals surface area contributed by atoms with Crippen molar-refractivity contribution in [2.75, 3.05) is 26.7 Å². The minimum absolute atomic E-state index is 0.0731. The molecule has 6 heteroatoms. The predicted octanol–water partition coefficient (Wildman–Crippen LogP) is 2.60. The molecule has 1 aromatic carbocycles. The van der Waals surface area contributed by atoms with Crippen molar-refractivity contribution < 1.29 is 9.53 Å².